The molecular formula is C18H19F4N3O2. The summed E-state index contributed by atoms with van der Waals surface area (Å²) in [5, 5.41) is 2.51. The van der Waals surface area contributed by atoms with Crippen molar-refractivity contribution in [2.45, 2.75) is 32.5 Å². The maximum atomic E-state index is 14.2. The second kappa shape index (κ2) is 8.34. The molecule has 1 aromatic carbocycles. The molecule has 0 aliphatic carbocycles. The van der Waals surface area contributed by atoms with Gasteiger partial charge in [-0.3, -0.25) is 4.79 Å². The van der Waals surface area contributed by atoms with Gasteiger partial charge in [0.15, 0.2) is 11.6 Å². The summed E-state index contributed by atoms with van der Waals surface area (Å²) >= 11 is 0. The molecule has 0 spiro atoms. The largest absolute Gasteiger partial charge is 0.436 e. The van der Waals surface area contributed by atoms with Crippen LogP contribution < -0.4 is 15.8 Å². The number of rotatable bonds is 6. The summed E-state index contributed by atoms with van der Waals surface area (Å²) in [6.45, 7) is 3.73. The van der Waals surface area contributed by atoms with Crippen LogP contribution in [0.4, 0.5) is 23.2 Å². The van der Waals surface area contributed by atoms with E-state index in [9.17, 15) is 22.4 Å². The van der Waals surface area contributed by atoms with Crippen molar-refractivity contribution >= 4 is 11.6 Å². The number of halogens is 4. The third-order valence-corrected chi connectivity index (χ3v) is 4.04. The minimum Gasteiger partial charge on any atom is -0.436 e. The van der Waals surface area contributed by atoms with Crippen LogP contribution in [0.3, 0.4) is 0 Å². The predicted octanol–water partition coefficient (Wildman–Crippen LogP) is 4.34. The van der Waals surface area contributed by atoms with Crippen molar-refractivity contribution in [2.24, 2.45) is 11.7 Å². The molecular weight excluding hydrogens is 366 g/mol. The lowest BCUT2D eigenvalue weighted by Crippen LogP contribution is -2.40. The van der Waals surface area contributed by atoms with Crippen LogP contribution in [0, 0.1) is 11.7 Å². The predicted molar refractivity (Wildman–Crippen MR) is 91.8 cm³/mol. The molecule has 0 aliphatic rings. The molecule has 146 valence electrons. The van der Waals surface area contributed by atoms with E-state index < -0.39 is 29.5 Å². The minimum atomic E-state index is -4.52. The number of ether oxygens (including phenoxy) is 1. The Morgan fingerprint density at radius 2 is 2.00 bits per heavy atom. The summed E-state index contributed by atoms with van der Waals surface area (Å²) in [4.78, 5) is 15.5. The van der Waals surface area contributed by atoms with E-state index in [1.165, 1.54) is 12.1 Å². The molecule has 0 aliphatic heterocycles. The van der Waals surface area contributed by atoms with E-state index in [4.69, 9.17) is 10.5 Å². The van der Waals surface area contributed by atoms with Crippen LogP contribution in [-0.4, -0.2) is 16.9 Å². The van der Waals surface area contributed by atoms with Crippen LogP contribution >= 0.6 is 0 Å². The standard InChI is InChI=1S/C18H19F4N3O2/c1-3-10(2)16(23)17(26)25-12-5-6-14(13(19)8-12)27-15-7-4-11(9-24-15)18(20,21)22/h4-10,16H,3,23H2,1-2H3,(H,25,26). The molecule has 1 amide bonds. The number of aromatic nitrogens is 1. The number of hydrogen-bond donors (Lipinski definition) is 2. The molecule has 0 saturated heterocycles. The number of benzene rings is 1. The highest BCUT2D eigenvalue weighted by molar-refractivity contribution is 5.94. The highest BCUT2D eigenvalue weighted by Crippen LogP contribution is 2.31. The first-order chi connectivity index (χ1) is 12.6. The zero-order valence-electron chi connectivity index (χ0n) is 14.7. The lowest BCUT2D eigenvalue weighted by Gasteiger charge is -2.18. The molecule has 0 bridgehead atoms. The van der Waals surface area contributed by atoms with E-state index in [-0.39, 0.29) is 23.2 Å². The van der Waals surface area contributed by atoms with E-state index in [1.807, 2.05) is 13.8 Å². The van der Waals surface area contributed by atoms with E-state index in [2.05, 4.69) is 10.3 Å². The fraction of sp³-hybridized carbons (Fsp3) is 0.333. The quantitative estimate of drug-likeness (QED) is 0.725. The van der Waals surface area contributed by atoms with Gasteiger partial charge in [-0.25, -0.2) is 9.37 Å². The van der Waals surface area contributed by atoms with Gasteiger partial charge in [0.05, 0.1) is 11.6 Å². The van der Waals surface area contributed by atoms with E-state index in [0.29, 0.717) is 6.20 Å². The fourth-order valence-corrected chi connectivity index (χ4v) is 2.12. The number of anilines is 1. The summed E-state index contributed by atoms with van der Waals surface area (Å²) in [6, 6.07) is 4.70. The SMILES string of the molecule is CCC(C)C(N)C(=O)Nc1ccc(Oc2ccc(C(F)(F)F)cn2)c(F)c1. The van der Waals surface area contributed by atoms with Crippen LogP contribution in [-0.2, 0) is 11.0 Å². The van der Waals surface area contributed by atoms with Crippen molar-refractivity contribution < 1.29 is 27.1 Å². The fourth-order valence-electron chi connectivity index (χ4n) is 2.12. The van der Waals surface area contributed by atoms with Crippen LogP contribution in [0.25, 0.3) is 0 Å². The highest BCUT2D eigenvalue weighted by Gasteiger charge is 2.30. The third kappa shape index (κ3) is 5.40. The smallest absolute Gasteiger partial charge is 0.417 e. The molecule has 2 unspecified atom stereocenters. The molecule has 5 nitrogen and oxygen atoms in total. The van der Waals surface area contributed by atoms with Crippen molar-refractivity contribution in [3.05, 3.63) is 47.9 Å². The lowest BCUT2D eigenvalue weighted by atomic mass is 9.99. The average Bonchev–Trinajstić information content (AvgIpc) is 2.62. The summed E-state index contributed by atoms with van der Waals surface area (Å²) in [6.07, 6.45) is -3.21. The first-order valence-corrected chi connectivity index (χ1v) is 8.19. The number of hydrogen-bond acceptors (Lipinski definition) is 4. The van der Waals surface area contributed by atoms with Crippen LogP contribution in [0.5, 0.6) is 11.6 Å². The van der Waals surface area contributed by atoms with Gasteiger partial charge in [-0.15, -0.1) is 0 Å². The Morgan fingerprint density at radius 1 is 1.30 bits per heavy atom. The third-order valence-electron chi connectivity index (χ3n) is 4.04. The number of nitrogens with zero attached hydrogens (tertiary/aromatic N) is 1. The van der Waals surface area contributed by atoms with Crippen molar-refractivity contribution in [1.29, 1.82) is 0 Å². The molecule has 0 saturated carbocycles. The molecule has 1 aromatic heterocycles. The molecule has 0 radical (unpaired) electrons. The monoisotopic (exact) mass is 385 g/mol. The van der Waals surface area contributed by atoms with Crippen molar-refractivity contribution in [2.75, 3.05) is 5.32 Å². The molecule has 0 fully saturated rings. The number of amides is 1. The zero-order valence-corrected chi connectivity index (χ0v) is 14.7. The van der Waals surface area contributed by atoms with Gasteiger partial charge in [0.1, 0.15) is 0 Å². The first-order valence-electron chi connectivity index (χ1n) is 8.19. The number of alkyl halides is 3. The van der Waals surface area contributed by atoms with Gasteiger partial charge in [-0.05, 0) is 24.1 Å². The van der Waals surface area contributed by atoms with E-state index in [0.717, 1.165) is 24.6 Å². The van der Waals surface area contributed by atoms with Gasteiger partial charge < -0.3 is 15.8 Å². The molecule has 3 N–H and O–H groups in total. The number of carbonyl (C=O) groups is 1. The molecule has 2 aromatic rings. The van der Waals surface area contributed by atoms with Crippen molar-refractivity contribution in [1.82, 2.24) is 4.98 Å². The summed E-state index contributed by atoms with van der Waals surface area (Å²) in [7, 11) is 0. The van der Waals surface area contributed by atoms with Crippen LogP contribution in [0.2, 0.25) is 0 Å². The Morgan fingerprint density at radius 3 is 2.52 bits per heavy atom. The lowest BCUT2D eigenvalue weighted by molar-refractivity contribution is -0.137. The molecule has 27 heavy (non-hydrogen) atoms. The molecule has 2 atom stereocenters. The molecule has 9 heteroatoms. The summed E-state index contributed by atoms with van der Waals surface area (Å²) in [5.74, 6) is -1.74. The number of pyridine rings is 1. The Labute approximate surface area is 153 Å². The minimum absolute atomic E-state index is 0.0387. The maximum Gasteiger partial charge on any atom is 0.417 e. The normalized spacial score (nSPS) is 13.7. The molecule has 1 heterocycles. The first kappa shape index (κ1) is 20.6. The number of nitrogens with two attached hydrogens (primary N) is 1. The Balaban J connectivity index is 2.07. The second-order valence-electron chi connectivity index (χ2n) is 6.03. The number of nitrogens with one attached hydrogen (secondary N) is 1. The summed E-state index contributed by atoms with van der Waals surface area (Å²) < 4.78 is 56.8. The van der Waals surface area contributed by atoms with Crippen LogP contribution in [0.15, 0.2) is 36.5 Å². The van der Waals surface area contributed by atoms with E-state index >= 15 is 0 Å². The van der Waals surface area contributed by atoms with Gasteiger partial charge in [-0.2, -0.15) is 13.2 Å². The summed E-state index contributed by atoms with van der Waals surface area (Å²) in [5.41, 5.74) is 5.06. The van der Waals surface area contributed by atoms with Gasteiger partial charge in [0, 0.05) is 24.0 Å². The van der Waals surface area contributed by atoms with E-state index in [1.54, 1.807) is 0 Å². The Hall–Kier alpha value is -2.68. The van der Waals surface area contributed by atoms with Crippen molar-refractivity contribution in [3.63, 3.8) is 0 Å². The van der Waals surface area contributed by atoms with Gasteiger partial charge >= 0.3 is 6.18 Å². The van der Waals surface area contributed by atoms with Crippen molar-refractivity contribution in [3.8, 4) is 11.6 Å². The maximum absolute atomic E-state index is 14.2. The Kier molecular flexibility index (Phi) is 6.37. The van der Waals surface area contributed by atoms with Gasteiger partial charge in [0.25, 0.3) is 0 Å². The average molecular weight is 385 g/mol. The number of carbonyl (C=O) groups excluding carboxylic acids is 1. The molecule has 2 rings (SSSR count). The van der Waals surface area contributed by atoms with Gasteiger partial charge in [0.2, 0.25) is 11.8 Å². The zero-order chi connectivity index (χ0) is 20.2. The highest BCUT2D eigenvalue weighted by atomic mass is 19.4. The Bertz CT molecular complexity index is 794. The van der Waals surface area contributed by atoms with Gasteiger partial charge in [-0.1, -0.05) is 20.3 Å². The van der Waals surface area contributed by atoms with Crippen LogP contribution in [0.1, 0.15) is 25.8 Å². The second-order valence-corrected chi connectivity index (χ2v) is 6.03. The topological polar surface area (TPSA) is 77.2 Å².